The lowest BCUT2D eigenvalue weighted by Gasteiger charge is -2.35. The number of Topliss-reactive ketones (excluding diaryl/α,β-unsaturated/α-hetero) is 1. The number of hydrogen-bond donors (Lipinski definition) is 0. The molecule has 0 aromatic heterocycles. The molecule has 2 aromatic rings. The van der Waals surface area contributed by atoms with Crippen LogP contribution in [0.15, 0.2) is 42.5 Å². The van der Waals surface area contributed by atoms with Crippen LogP contribution >= 0.6 is 0 Å². The predicted molar refractivity (Wildman–Crippen MR) is 100 cm³/mol. The summed E-state index contributed by atoms with van der Waals surface area (Å²) in [5, 5.41) is 0. The van der Waals surface area contributed by atoms with Gasteiger partial charge in [0.25, 0.3) is 5.91 Å². The summed E-state index contributed by atoms with van der Waals surface area (Å²) in [5.74, 6) is 0.744. The van der Waals surface area contributed by atoms with E-state index in [1.807, 2.05) is 23.1 Å². The highest BCUT2D eigenvalue weighted by Crippen LogP contribution is 2.32. The van der Waals surface area contributed by atoms with Gasteiger partial charge in [-0.2, -0.15) is 0 Å². The molecule has 0 N–H and O–H groups in total. The standard InChI is InChI=1S/C21H23NO4/c1-14-8-9-16-6-4-5-7-18(16)22(14)21(24)13-26-19-11-10-17(15(2)23)12-20(19)25-3/h4-7,10-12,14H,8-9,13H2,1-3H3. The molecule has 26 heavy (non-hydrogen) atoms. The van der Waals surface area contributed by atoms with Gasteiger partial charge in [0.15, 0.2) is 23.9 Å². The molecule has 2 aromatic carbocycles. The molecule has 1 atom stereocenters. The Morgan fingerprint density at radius 2 is 1.92 bits per heavy atom. The predicted octanol–water partition coefficient (Wildman–Crippen LogP) is 3.64. The first-order valence-corrected chi connectivity index (χ1v) is 8.73. The number of amides is 1. The Kier molecular flexibility index (Phi) is 5.26. The summed E-state index contributed by atoms with van der Waals surface area (Å²) in [6.45, 7) is 3.46. The Balaban J connectivity index is 1.76. The fourth-order valence-corrected chi connectivity index (χ4v) is 3.28. The van der Waals surface area contributed by atoms with Crippen molar-refractivity contribution < 1.29 is 19.1 Å². The maximum atomic E-state index is 12.8. The van der Waals surface area contributed by atoms with Crippen molar-refractivity contribution in [3.05, 3.63) is 53.6 Å². The second kappa shape index (κ2) is 7.60. The minimum absolute atomic E-state index is 0.0512. The number of methoxy groups -OCH3 is 1. The van der Waals surface area contributed by atoms with E-state index in [9.17, 15) is 9.59 Å². The molecule has 5 nitrogen and oxygen atoms in total. The van der Waals surface area contributed by atoms with E-state index >= 15 is 0 Å². The molecule has 0 spiro atoms. The number of nitrogens with zero attached hydrogens (tertiary/aromatic N) is 1. The highest BCUT2D eigenvalue weighted by molar-refractivity contribution is 5.96. The van der Waals surface area contributed by atoms with Gasteiger partial charge in [0, 0.05) is 17.3 Å². The van der Waals surface area contributed by atoms with Crippen molar-refractivity contribution in [3.63, 3.8) is 0 Å². The van der Waals surface area contributed by atoms with E-state index in [1.165, 1.54) is 19.6 Å². The van der Waals surface area contributed by atoms with Crippen LogP contribution in [0, 0.1) is 0 Å². The van der Waals surface area contributed by atoms with Crippen LogP contribution in [-0.2, 0) is 11.2 Å². The molecule has 136 valence electrons. The van der Waals surface area contributed by atoms with Crippen LogP contribution in [0.25, 0.3) is 0 Å². The highest BCUT2D eigenvalue weighted by Gasteiger charge is 2.28. The molecule has 0 aliphatic carbocycles. The van der Waals surface area contributed by atoms with E-state index in [4.69, 9.17) is 9.47 Å². The number of rotatable bonds is 5. The summed E-state index contributed by atoms with van der Waals surface area (Å²) in [4.78, 5) is 26.1. The van der Waals surface area contributed by atoms with Gasteiger partial charge in [-0.1, -0.05) is 18.2 Å². The molecule has 1 unspecified atom stereocenters. The van der Waals surface area contributed by atoms with E-state index in [2.05, 4.69) is 13.0 Å². The fraction of sp³-hybridized carbons (Fsp3) is 0.333. The quantitative estimate of drug-likeness (QED) is 0.770. The lowest BCUT2D eigenvalue weighted by atomic mass is 9.96. The van der Waals surface area contributed by atoms with Crippen molar-refractivity contribution in [2.45, 2.75) is 32.7 Å². The SMILES string of the molecule is COc1cc(C(C)=O)ccc1OCC(=O)N1c2ccccc2CCC1C. The van der Waals surface area contributed by atoms with Gasteiger partial charge in [-0.15, -0.1) is 0 Å². The van der Waals surface area contributed by atoms with Crippen LogP contribution in [0.4, 0.5) is 5.69 Å². The molecule has 1 aliphatic heterocycles. The van der Waals surface area contributed by atoms with Gasteiger partial charge in [0.1, 0.15) is 0 Å². The Bertz CT molecular complexity index is 831. The first kappa shape index (κ1) is 18.0. The molecular formula is C21H23NO4. The summed E-state index contributed by atoms with van der Waals surface area (Å²) in [6, 6.07) is 13.1. The Morgan fingerprint density at radius 1 is 1.15 bits per heavy atom. The van der Waals surface area contributed by atoms with Gasteiger partial charge in [-0.3, -0.25) is 9.59 Å². The van der Waals surface area contributed by atoms with Gasteiger partial charge in [0.2, 0.25) is 0 Å². The van der Waals surface area contributed by atoms with Crippen molar-refractivity contribution in [2.24, 2.45) is 0 Å². The third kappa shape index (κ3) is 3.57. The van der Waals surface area contributed by atoms with Gasteiger partial charge < -0.3 is 14.4 Å². The maximum absolute atomic E-state index is 12.8. The number of benzene rings is 2. The Hall–Kier alpha value is -2.82. The summed E-state index contributed by atoms with van der Waals surface area (Å²) in [7, 11) is 1.51. The van der Waals surface area contributed by atoms with Crippen LogP contribution in [0.2, 0.25) is 0 Å². The van der Waals surface area contributed by atoms with E-state index in [0.717, 1.165) is 18.5 Å². The van der Waals surface area contributed by atoms with Crippen molar-refractivity contribution in [3.8, 4) is 11.5 Å². The molecular weight excluding hydrogens is 330 g/mol. The molecule has 0 bridgehead atoms. The highest BCUT2D eigenvalue weighted by atomic mass is 16.5. The topological polar surface area (TPSA) is 55.8 Å². The largest absolute Gasteiger partial charge is 0.493 e. The van der Waals surface area contributed by atoms with Gasteiger partial charge in [0.05, 0.1) is 7.11 Å². The van der Waals surface area contributed by atoms with Crippen LogP contribution in [-0.4, -0.2) is 31.4 Å². The Morgan fingerprint density at radius 3 is 2.65 bits per heavy atom. The maximum Gasteiger partial charge on any atom is 0.265 e. The number of fused-ring (bicyclic) bond motifs is 1. The number of carbonyl (C=O) groups is 2. The molecule has 5 heteroatoms. The zero-order valence-corrected chi connectivity index (χ0v) is 15.3. The third-order valence-electron chi connectivity index (χ3n) is 4.71. The normalized spacial score (nSPS) is 16.0. The van der Waals surface area contributed by atoms with Crippen LogP contribution in [0.1, 0.15) is 36.2 Å². The number of anilines is 1. The van der Waals surface area contributed by atoms with Crippen molar-refractivity contribution in [2.75, 3.05) is 18.6 Å². The van der Waals surface area contributed by atoms with E-state index < -0.39 is 0 Å². The van der Waals surface area contributed by atoms with Crippen LogP contribution in [0.3, 0.4) is 0 Å². The monoisotopic (exact) mass is 353 g/mol. The molecule has 0 fully saturated rings. The first-order chi connectivity index (χ1) is 12.5. The molecule has 1 amide bonds. The number of hydrogen-bond acceptors (Lipinski definition) is 4. The molecule has 1 heterocycles. The molecule has 0 saturated heterocycles. The molecule has 0 radical (unpaired) electrons. The average Bonchev–Trinajstić information content (AvgIpc) is 2.65. The number of ether oxygens (including phenoxy) is 2. The smallest absolute Gasteiger partial charge is 0.265 e. The van der Waals surface area contributed by atoms with Crippen LogP contribution < -0.4 is 14.4 Å². The second-order valence-corrected chi connectivity index (χ2v) is 6.49. The zero-order chi connectivity index (χ0) is 18.7. The summed E-state index contributed by atoms with van der Waals surface area (Å²) < 4.78 is 11.0. The lowest BCUT2D eigenvalue weighted by molar-refractivity contribution is -0.121. The average molecular weight is 353 g/mol. The van der Waals surface area contributed by atoms with Gasteiger partial charge in [-0.25, -0.2) is 0 Å². The van der Waals surface area contributed by atoms with Crippen molar-refractivity contribution >= 4 is 17.4 Å². The van der Waals surface area contributed by atoms with Gasteiger partial charge >= 0.3 is 0 Å². The van der Waals surface area contributed by atoms with E-state index in [-0.39, 0.29) is 24.3 Å². The first-order valence-electron chi connectivity index (χ1n) is 8.73. The number of para-hydroxylation sites is 1. The number of ketones is 1. The summed E-state index contributed by atoms with van der Waals surface area (Å²) in [6.07, 6.45) is 1.90. The van der Waals surface area contributed by atoms with Crippen molar-refractivity contribution in [1.29, 1.82) is 0 Å². The number of carbonyl (C=O) groups excluding carboxylic acids is 2. The number of aryl methyl sites for hydroxylation is 1. The molecule has 3 rings (SSSR count). The van der Waals surface area contributed by atoms with E-state index in [1.54, 1.807) is 18.2 Å². The molecule has 1 aliphatic rings. The minimum atomic E-state index is -0.0950. The fourth-order valence-electron chi connectivity index (χ4n) is 3.28. The Labute approximate surface area is 153 Å². The minimum Gasteiger partial charge on any atom is -0.493 e. The zero-order valence-electron chi connectivity index (χ0n) is 15.3. The summed E-state index contributed by atoms with van der Waals surface area (Å²) >= 11 is 0. The lowest BCUT2D eigenvalue weighted by Crippen LogP contribution is -2.44. The van der Waals surface area contributed by atoms with Crippen LogP contribution in [0.5, 0.6) is 11.5 Å². The molecule has 0 saturated carbocycles. The second-order valence-electron chi connectivity index (χ2n) is 6.49. The van der Waals surface area contributed by atoms with E-state index in [0.29, 0.717) is 17.1 Å². The third-order valence-corrected chi connectivity index (χ3v) is 4.71. The van der Waals surface area contributed by atoms with Crippen molar-refractivity contribution in [1.82, 2.24) is 0 Å². The summed E-state index contributed by atoms with van der Waals surface area (Å²) in [5.41, 5.74) is 2.68. The van der Waals surface area contributed by atoms with Gasteiger partial charge in [-0.05, 0) is 56.5 Å².